The Morgan fingerprint density at radius 1 is 0.941 bits per heavy atom. The standard InChI is InChI=1S/C13H10F2N2/c14-11-6-10(7-12(15)8-11)9-16-17-13-4-2-1-3-5-13/h1-9,17H/b16-9+. The zero-order valence-electron chi connectivity index (χ0n) is 8.90. The third-order valence-corrected chi connectivity index (χ3v) is 2.07. The average molecular weight is 232 g/mol. The van der Waals surface area contributed by atoms with E-state index in [1.165, 1.54) is 18.3 Å². The first kappa shape index (κ1) is 11.3. The smallest absolute Gasteiger partial charge is 0.126 e. The normalized spacial score (nSPS) is 10.7. The molecule has 1 N–H and O–H groups in total. The predicted octanol–water partition coefficient (Wildman–Crippen LogP) is 3.41. The van der Waals surface area contributed by atoms with Crippen LogP contribution in [0.1, 0.15) is 5.56 Å². The molecule has 0 radical (unpaired) electrons. The molecule has 0 amide bonds. The molecule has 0 heterocycles. The van der Waals surface area contributed by atoms with Crippen molar-refractivity contribution in [3.05, 3.63) is 65.7 Å². The molecule has 0 atom stereocenters. The van der Waals surface area contributed by atoms with Gasteiger partial charge in [0, 0.05) is 11.6 Å². The van der Waals surface area contributed by atoms with Crippen LogP contribution in [0.4, 0.5) is 14.5 Å². The van der Waals surface area contributed by atoms with E-state index in [0.717, 1.165) is 11.8 Å². The van der Waals surface area contributed by atoms with Crippen molar-refractivity contribution in [2.75, 3.05) is 5.43 Å². The second kappa shape index (κ2) is 5.21. The Morgan fingerprint density at radius 3 is 2.24 bits per heavy atom. The molecule has 2 aromatic carbocycles. The Balaban J connectivity index is 2.06. The largest absolute Gasteiger partial charge is 0.279 e. The van der Waals surface area contributed by atoms with Crippen molar-refractivity contribution in [2.24, 2.45) is 5.10 Å². The Bertz CT molecular complexity index is 504. The lowest BCUT2D eigenvalue weighted by atomic mass is 10.2. The van der Waals surface area contributed by atoms with E-state index < -0.39 is 11.6 Å². The molecule has 17 heavy (non-hydrogen) atoms. The van der Waals surface area contributed by atoms with E-state index >= 15 is 0 Å². The third-order valence-electron chi connectivity index (χ3n) is 2.07. The molecule has 0 spiro atoms. The molecule has 0 aromatic heterocycles. The molecule has 0 aliphatic rings. The highest BCUT2D eigenvalue weighted by Gasteiger charge is 1.97. The molecule has 4 heteroatoms. The first-order valence-electron chi connectivity index (χ1n) is 5.04. The van der Waals surface area contributed by atoms with E-state index in [0.29, 0.717) is 5.56 Å². The fourth-order valence-electron chi connectivity index (χ4n) is 1.34. The summed E-state index contributed by atoms with van der Waals surface area (Å²) in [6.07, 6.45) is 1.36. The van der Waals surface area contributed by atoms with Crippen LogP contribution in [0, 0.1) is 11.6 Å². The SMILES string of the molecule is Fc1cc(F)cc(/C=N/Nc2ccccc2)c1. The van der Waals surface area contributed by atoms with Crippen LogP contribution >= 0.6 is 0 Å². The minimum absolute atomic E-state index is 0.367. The number of rotatable bonds is 3. The Hall–Kier alpha value is -2.23. The van der Waals surface area contributed by atoms with E-state index in [-0.39, 0.29) is 0 Å². The molecule has 2 rings (SSSR count). The van der Waals surface area contributed by atoms with Gasteiger partial charge in [-0.25, -0.2) is 8.78 Å². The van der Waals surface area contributed by atoms with E-state index in [2.05, 4.69) is 10.5 Å². The maximum Gasteiger partial charge on any atom is 0.126 e. The highest BCUT2D eigenvalue weighted by Crippen LogP contribution is 2.07. The summed E-state index contributed by atoms with van der Waals surface area (Å²) in [6, 6.07) is 12.5. The maximum atomic E-state index is 12.9. The van der Waals surface area contributed by atoms with Crippen LogP contribution in [0.3, 0.4) is 0 Å². The van der Waals surface area contributed by atoms with Crippen molar-refractivity contribution in [1.29, 1.82) is 0 Å². The van der Waals surface area contributed by atoms with Crippen molar-refractivity contribution in [3.63, 3.8) is 0 Å². The van der Waals surface area contributed by atoms with Gasteiger partial charge in [0.15, 0.2) is 0 Å². The number of para-hydroxylation sites is 1. The number of hydrogen-bond donors (Lipinski definition) is 1. The van der Waals surface area contributed by atoms with Gasteiger partial charge in [-0.1, -0.05) is 18.2 Å². The Labute approximate surface area is 97.6 Å². The number of benzene rings is 2. The predicted molar refractivity (Wildman–Crippen MR) is 64.0 cm³/mol. The average Bonchev–Trinajstić information content (AvgIpc) is 2.29. The number of halogens is 2. The zero-order valence-corrected chi connectivity index (χ0v) is 8.90. The maximum absolute atomic E-state index is 12.9. The number of anilines is 1. The van der Waals surface area contributed by atoms with Crippen LogP contribution in [0.2, 0.25) is 0 Å². The van der Waals surface area contributed by atoms with Crippen LogP contribution in [0.15, 0.2) is 53.6 Å². The van der Waals surface area contributed by atoms with Crippen LogP contribution in [0.5, 0.6) is 0 Å². The zero-order chi connectivity index (χ0) is 12.1. The first-order valence-corrected chi connectivity index (χ1v) is 5.04. The number of nitrogens with zero attached hydrogens (tertiary/aromatic N) is 1. The van der Waals surface area contributed by atoms with Gasteiger partial charge in [0.2, 0.25) is 0 Å². The van der Waals surface area contributed by atoms with Gasteiger partial charge in [-0.3, -0.25) is 5.43 Å². The molecule has 2 nitrogen and oxygen atoms in total. The summed E-state index contributed by atoms with van der Waals surface area (Å²) >= 11 is 0. The summed E-state index contributed by atoms with van der Waals surface area (Å²) < 4.78 is 25.7. The van der Waals surface area contributed by atoms with Gasteiger partial charge in [-0.05, 0) is 24.3 Å². The highest BCUT2D eigenvalue weighted by atomic mass is 19.1. The van der Waals surface area contributed by atoms with Gasteiger partial charge in [0.1, 0.15) is 11.6 Å². The molecule has 0 aliphatic carbocycles. The summed E-state index contributed by atoms with van der Waals surface area (Å²) in [6.45, 7) is 0. The molecule has 86 valence electrons. The van der Waals surface area contributed by atoms with Gasteiger partial charge in [-0.15, -0.1) is 0 Å². The molecule has 0 saturated heterocycles. The molecular formula is C13H10F2N2. The van der Waals surface area contributed by atoms with Gasteiger partial charge >= 0.3 is 0 Å². The minimum Gasteiger partial charge on any atom is -0.279 e. The second-order valence-electron chi connectivity index (χ2n) is 3.44. The third kappa shape index (κ3) is 3.38. The van der Waals surface area contributed by atoms with Crippen molar-refractivity contribution < 1.29 is 8.78 Å². The van der Waals surface area contributed by atoms with Gasteiger partial charge in [0.25, 0.3) is 0 Å². The second-order valence-corrected chi connectivity index (χ2v) is 3.44. The lowest BCUT2D eigenvalue weighted by Gasteiger charge is -1.99. The van der Waals surface area contributed by atoms with Crippen molar-refractivity contribution in [1.82, 2.24) is 0 Å². The lowest BCUT2D eigenvalue weighted by Crippen LogP contribution is -1.91. The molecule has 0 saturated carbocycles. The van der Waals surface area contributed by atoms with E-state index in [9.17, 15) is 8.78 Å². The molecular weight excluding hydrogens is 222 g/mol. The van der Waals surface area contributed by atoms with E-state index in [4.69, 9.17) is 0 Å². The summed E-state index contributed by atoms with van der Waals surface area (Å²) in [4.78, 5) is 0. The summed E-state index contributed by atoms with van der Waals surface area (Å²) in [5.41, 5.74) is 3.93. The molecule has 0 bridgehead atoms. The van der Waals surface area contributed by atoms with Crippen molar-refractivity contribution >= 4 is 11.9 Å². The Morgan fingerprint density at radius 2 is 1.59 bits per heavy atom. The summed E-state index contributed by atoms with van der Waals surface area (Å²) in [7, 11) is 0. The van der Waals surface area contributed by atoms with E-state index in [1.807, 2.05) is 30.3 Å². The lowest BCUT2D eigenvalue weighted by molar-refractivity contribution is 0.583. The fourth-order valence-corrected chi connectivity index (χ4v) is 1.34. The van der Waals surface area contributed by atoms with Crippen LogP contribution < -0.4 is 5.43 Å². The fraction of sp³-hybridized carbons (Fsp3) is 0. The van der Waals surface area contributed by atoms with Crippen molar-refractivity contribution in [2.45, 2.75) is 0 Å². The summed E-state index contributed by atoms with van der Waals surface area (Å²) in [5.74, 6) is -1.24. The summed E-state index contributed by atoms with van der Waals surface area (Å²) in [5, 5.41) is 3.89. The number of hydrazone groups is 1. The highest BCUT2D eigenvalue weighted by molar-refractivity contribution is 5.80. The van der Waals surface area contributed by atoms with Crippen molar-refractivity contribution in [3.8, 4) is 0 Å². The van der Waals surface area contributed by atoms with Crippen LogP contribution in [-0.2, 0) is 0 Å². The molecule has 0 fully saturated rings. The number of hydrogen-bond acceptors (Lipinski definition) is 2. The quantitative estimate of drug-likeness (QED) is 0.636. The minimum atomic E-state index is -0.619. The molecule has 0 unspecified atom stereocenters. The number of nitrogens with one attached hydrogen (secondary N) is 1. The van der Waals surface area contributed by atoms with E-state index in [1.54, 1.807) is 0 Å². The van der Waals surface area contributed by atoms with Crippen LogP contribution in [-0.4, -0.2) is 6.21 Å². The van der Waals surface area contributed by atoms with Crippen LogP contribution in [0.25, 0.3) is 0 Å². The monoisotopic (exact) mass is 232 g/mol. The van der Waals surface area contributed by atoms with Gasteiger partial charge in [0.05, 0.1) is 11.9 Å². The Kier molecular flexibility index (Phi) is 3.45. The molecule has 2 aromatic rings. The van der Waals surface area contributed by atoms with Gasteiger partial charge < -0.3 is 0 Å². The first-order chi connectivity index (χ1) is 8.24. The molecule has 0 aliphatic heterocycles. The topological polar surface area (TPSA) is 24.4 Å². The van der Waals surface area contributed by atoms with Gasteiger partial charge in [-0.2, -0.15) is 5.10 Å².